The van der Waals surface area contributed by atoms with Gasteiger partial charge in [0.05, 0.1) is 11.4 Å². The number of aromatic amines is 3. The van der Waals surface area contributed by atoms with Gasteiger partial charge in [-0.05, 0) is 132 Å². The number of H-pyrrole nitrogens is 3. The van der Waals surface area contributed by atoms with Gasteiger partial charge in [0.25, 0.3) is 0 Å². The molecule has 0 unspecified atom stereocenters. The highest BCUT2D eigenvalue weighted by Gasteiger charge is 2.35. The fourth-order valence-electron chi connectivity index (χ4n) is 6.41. The van der Waals surface area contributed by atoms with E-state index in [2.05, 4.69) is 140 Å². The van der Waals surface area contributed by atoms with Crippen LogP contribution in [0.25, 0.3) is 5.57 Å². The average Bonchev–Trinajstić information content (AvgIpc) is 3.85. The molecule has 2 aliphatic heterocycles. The predicted molar refractivity (Wildman–Crippen MR) is 195 cm³/mol. The molecule has 0 amide bonds. The molecule has 6 nitrogen and oxygen atoms in total. The number of nitrogens with one attached hydrogen (secondary N) is 5. The molecule has 7 heteroatoms. The van der Waals surface area contributed by atoms with Crippen LogP contribution in [-0.2, 0) is 16.2 Å². The maximum absolute atomic E-state index is 5.57. The molecule has 7 rings (SSSR count). The Kier molecular flexibility index (Phi) is 7.05. The van der Waals surface area contributed by atoms with E-state index in [1.54, 1.807) is 0 Å². The Morgan fingerprint density at radius 2 is 1.07 bits per heavy atom. The zero-order valence-corrected chi connectivity index (χ0v) is 28.0. The molecule has 46 heavy (non-hydrogen) atoms. The zero-order chi connectivity index (χ0) is 32.3. The minimum Gasteiger partial charge on any atom is -0.361 e. The molecule has 8 bridgehead atoms. The first-order valence-corrected chi connectivity index (χ1v) is 16.2. The molecule has 0 saturated carbocycles. The number of nitrogens with zero attached hydrogens (tertiary/aromatic N) is 1. The number of benzene rings is 2. The van der Waals surface area contributed by atoms with E-state index < -0.39 is 0 Å². The highest BCUT2D eigenvalue weighted by Crippen LogP contribution is 2.40. The third-order valence-corrected chi connectivity index (χ3v) is 9.90. The Morgan fingerprint density at radius 3 is 1.65 bits per heavy atom. The van der Waals surface area contributed by atoms with Crippen LogP contribution in [0.3, 0.4) is 0 Å². The number of thiocarbonyl (C=S) groups is 1. The number of allylic oxidation sites excluding steroid dienone is 2. The highest BCUT2D eigenvalue weighted by molar-refractivity contribution is 7.80. The number of aliphatic imine (C=N–C) groups is 1. The van der Waals surface area contributed by atoms with E-state index in [-0.39, 0.29) is 16.2 Å². The highest BCUT2D eigenvalue weighted by atomic mass is 32.1. The van der Waals surface area contributed by atoms with Gasteiger partial charge in [0, 0.05) is 67.4 Å². The van der Waals surface area contributed by atoms with Gasteiger partial charge in [0.2, 0.25) is 0 Å². The maximum Gasteiger partial charge on any atom is 0.175 e. The van der Waals surface area contributed by atoms with Crippen LogP contribution in [0.4, 0.5) is 11.4 Å². The van der Waals surface area contributed by atoms with Crippen molar-refractivity contribution in [2.45, 2.75) is 57.8 Å². The van der Waals surface area contributed by atoms with E-state index >= 15 is 0 Å². The smallest absolute Gasteiger partial charge is 0.175 e. The summed E-state index contributed by atoms with van der Waals surface area (Å²) in [7, 11) is 0. The van der Waals surface area contributed by atoms with Crippen LogP contribution in [0.5, 0.6) is 0 Å². The second-order valence-electron chi connectivity index (χ2n) is 13.8. The van der Waals surface area contributed by atoms with Gasteiger partial charge in [-0.3, -0.25) is 4.99 Å². The number of anilines is 2. The third kappa shape index (κ3) is 5.14. The molecule has 0 fully saturated rings. The number of rotatable bonds is 3. The number of para-hydroxylation sites is 1. The summed E-state index contributed by atoms with van der Waals surface area (Å²) in [5.41, 5.74) is 11.9. The van der Waals surface area contributed by atoms with Gasteiger partial charge in [0.15, 0.2) is 5.11 Å². The Hall–Kier alpha value is -4.88. The second-order valence-corrected chi connectivity index (χ2v) is 14.3. The van der Waals surface area contributed by atoms with Crippen molar-refractivity contribution in [3.05, 3.63) is 149 Å². The molecule has 2 aromatic carbocycles. The molecule has 2 aliphatic rings. The van der Waals surface area contributed by atoms with Crippen LogP contribution < -0.4 is 10.6 Å². The van der Waals surface area contributed by atoms with Crippen molar-refractivity contribution in [3.63, 3.8) is 0 Å². The van der Waals surface area contributed by atoms with Gasteiger partial charge in [-0.15, -0.1) is 0 Å². The Morgan fingerprint density at radius 1 is 0.565 bits per heavy atom. The monoisotopic (exact) mass is 624 g/mol. The summed E-state index contributed by atoms with van der Waals surface area (Å²) in [6.45, 7) is 13.5. The Balaban J connectivity index is 1.32. The number of hydrogen-bond acceptors (Lipinski definition) is 2. The molecular formula is C39H40N6S. The van der Waals surface area contributed by atoms with E-state index in [9.17, 15) is 0 Å². The SMILES string of the molecule is CC1(C)C2=N/C(=C(/c3ccc(NC(=S)Nc4ccccc4)cc3)c3ccc([nH]3)C(C)(C)c3ccc([nH]3)C(C)(C)c3ccc1[nH]3)C=C2. The topological polar surface area (TPSA) is 83.8 Å². The molecule has 3 aromatic heterocycles. The lowest BCUT2D eigenvalue weighted by Crippen LogP contribution is -2.28. The minimum atomic E-state index is -0.326. The van der Waals surface area contributed by atoms with Crippen LogP contribution in [-0.4, -0.2) is 25.8 Å². The van der Waals surface area contributed by atoms with Crippen molar-refractivity contribution >= 4 is 40.0 Å². The van der Waals surface area contributed by atoms with E-state index in [0.29, 0.717) is 5.11 Å². The summed E-state index contributed by atoms with van der Waals surface area (Å²) >= 11 is 5.57. The van der Waals surface area contributed by atoms with Crippen molar-refractivity contribution < 1.29 is 0 Å². The quantitative estimate of drug-likeness (QED) is 0.130. The van der Waals surface area contributed by atoms with Crippen molar-refractivity contribution in [2.24, 2.45) is 4.99 Å². The zero-order valence-electron chi connectivity index (χ0n) is 27.2. The number of aromatic nitrogens is 3. The number of hydrogen-bond donors (Lipinski definition) is 5. The summed E-state index contributed by atoms with van der Waals surface area (Å²) in [4.78, 5) is 16.7. The molecule has 0 radical (unpaired) electrons. The van der Waals surface area contributed by atoms with Crippen molar-refractivity contribution in [3.8, 4) is 0 Å². The van der Waals surface area contributed by atoms with Crippen LogP contribution in [0.15, 0.2) is 114 Å². The van der Waals surface area contributed by atoms with Gasteiger partial charge >= 0.3 is 0 Å². The van der Waals surface area contributed by atoms with E-state index in [1.807, 2.05) is 30.3 Å². The third-order valence-electron chi connectivity index (χ3n) is 9.69. The maximum atomic E-state index is 5.57. The van der Waals surface area contributed by atoms with Gasteiger partial charge in [-0.25, -0.2) is 0 Å². The first-order chi connectivity index (χ1) is 21.9. The lowest BCUT2D eigenvalue weighted by Gasteiger charge is -2.27. The van der Waals surface area contributed by atoms with Gasteiger partial charge in [-0.2, -0.15) is 0 Å². The van der Waals surface area contributed by atoms with Crippen LogP contribution in [0.1, 0.15) is 81.3 Å². The summed E-state index contributed by atoms with van der Waals surface area (Å²) < 4.78 is 0. The lowest BCUT2D eigenvalue weighted by molar-refractivity contribution is 0.569. The summed E-state index contributed by atoms with van der Waals surface area (Å²) in [5, 5.41) is 7.10. The van der Waals surface area contributed by atoms with Crippen LogP contribution in [0.2, 0.25) is 0 Å². The summed E-state index contributed by atoms with van der Waals surface area (Å²) in [6, 6.07) is 31.6. The van der Waals surface area contributed by atoms with Crippen LogP contribution in [0, 0.1) is 0 Å². The molecule has 0 saturated heterocycles. The van der Waals surface area contributed by atoms with Gasteiger partial charge in [-0.1, -0.05) is 30.3 Å². The Labute approximate surface area is 276 Å². The largest absolute Gasteiger partial charge is 0.361 e. The molecule has 0 spiro atoms. The van der Waals surface area contributed by atoms with Gasteiger partial charge in [0.1, 0.15) is 0 Å². The number of fused-ring (bicyclic) bond motifs is 7. The van der Waals surface area contributed by atoms with Crippen LogP contribution >= 0.6 is 12.2 Å². The second kappa shape index (κ2) is 10.9. The van der Waals surface area contributed by atoms with Crippen molar-refractivity contribution in [1.82, 2.24) is 15.0 Å². The summed E-state index contributed by atoms with van der Waals surface area (Å²) in [6.07, 6.45) is 4.30. The van der Waals surface area contributed by atoms with Crippen molar-refractivity contribution in [2.75, 3.05) is 10.6 Å². The lowest BCUT2D eigenvalue weighted by atomic mass is 9.84. The molecule has 5 heterocycles. The molecule has 5 aromatic rings. The molecule has 5 N–H and O–H groups in total. The van der Waals surface area contributed by atoms with E-state index in [1.165, 1.54) is 11.4 Å². The van der Waals surface area contributed by atoms with E-state index in [4.69, 9.17) is 17.2 Å². The standard InChI is InChI=1S/C39H40N6S/c1-37(2)29-18-16-27(42-29)35(24-12-14-26(15-13-24)41-36(46)40-25-10-8-7-9-11-25)28-17-19-30(43-28)38(3,4)32-21-23-34(45-32)39(5,6)33-22-20-31(37)44-33/h7-23,42,44-45H,1-6H3,(H2,40,41,46)/b35-28-. The Bertz CT molecular complexity index is 2030. The summed E-state index contributed by atoms with van der Waals surface area (Å²) in [5.74, 6) is 0. The normalized spacial score (nSPS) is 19.0. The molecule has 0 aliphatic carbocycles. The molecular weight excluding hydrogens is 585 g/mol. The first kappa shape index (κ1) is 29.8. The minimum absolute atomic E-state index is 0.228. The fraction of sp³-hybridized carbons (Fsp3) is 0.231. The van der Waals surface area contributed by atoms with Gasteiger partial charge < -0.3 is 25.6 Å². The molecule has 232 valence electrons. The fourth-order valence-corrected chi connectivity index (χ4v) is 6.64. The van der Waals surface area contributed by atoms with Crippen molar-refractivity contribution in [1.29, 1.82) is 0 Å². The average molecular weight is 625 g/mol. The predicted octanol–water partition coefficient (Wildman–Crippen LogP) is 9.19. The first-order valence-electron chi connectivity index (χ1n) is 15.8. The van der Waals surface area contributed by atoms with E-state index in [0.717, 1.165) is 56.7 Å². The molecule has 0 atom stereocenters.